The standard InChI is InChI=1S/C14H18N2O5/c1-21-11-9-15(8-10-17)14(18)7-6-12-4-2-3-5-13(12)16(19)20/h2-7,17H,8-11H2,1H3/b7-6+. The Morgan fingerprint density at radius 1 is 1.43 bits per heavy atom. The molecule has 0 fully saturated rings. The van der Waals surface area contributed by atoms with Gasteiger partial charge < -0.3 is 14.7 Å². The average Bonchev–Trinajstić information content (AvgIpc) is 2.49. The van der Waals surface area contributed by atoms with E-state index in [0.29, 0.717) is 18.7 Å². The molecule has 1 N–H and O–H groups in total. The molecule has 1 aromatic rings. The number of nitro benzene ring substituents is 1. The number of para-hydroxylation sites is 1. The zero-order chi connectivity index (χ0) is 15.7. The Bertz CT molecular complexity index is 516. The number of hydrogen-bond donors (Lipinski definition) is 1. The minimum absolute atomic E-state index is 0.0628. The van der Waals surface area contributed by atoms with Gasteiger partial charge >= 0.3 is 0 Å². The molecule has 0 saturated heterocycles. The molecule has 0 aliphatic heterocycles. The van der Waals surface area contributed by atoms with E-state index >= 15 is 0 Å². The number of methoxy groups -OCH3 is 1. The van der Waals surface area contributed by atoms with Gasteiger partial charge in [0, 0.05) is 32.3 Å². The maximum Gasteiger partial charge on any atom is 0.276 e. The molecule has 1 aromatic carbocycles. The summed E-state index contributed by atoms with van der Waals surface area (Å²) in [6.07, 6.45) is 2.66. The topological polar surface area (TPSA) is 92.9 Å². The van der Waals surface area contributed by atoms with Gasteiger partial charge in [0.15, 0.2) is 0 Å². The van der Waals surface area contributed by atoms with Crippen LogP contribution in [0.2, 0.25) is 0 Å². The van der Waals surface area contributed by atoms with Crippen LogP contribution in [0.3, 0.4) is 0 Å². The van der Waals surface area contributed by atoms with Crippen molar-refractivity contribution in [1.82, 2.24) is 4.90 Å². The molecule has 0 bridgehead atoms. The summed E-state index contributed by atoms with van der Waals surface area (Å²) in [5, 5.41) is 19.8. The van der Waals surface area contributed by atoms with Crippen molar-refractivity contribution in [3.8, 4) is 0 Å². The van der Waals surface area contributed by atoms with Crippen LogP contribution in [0.4, 0.5) is 5.69 Å². The highest BCUT2D eigenvalue weighted by atomic mass is 16.6. The molecule has 7 nitrogen and oxygen atoms in total. The van der Waals surface area contributed by atoms with Gasteiger partial charge in [-0.1, -0.05) is 12.1 Å². The molecule has 0 heterocycles. The van der Waals surface area contributed by atoms with Crippen LogP contribution in [0.5, 0.6) is 0 Å². The van der Waals surface area contributed by atoms with Gasteiger partial charge in [0.05, 0.1) is 23.7 Å². The van der Waals surface area contributed by atoms with Crippen molar-refractivity contribution in [2.45, 2.75) is 0 Å². The lowest BCUT2D eigenvalue weighted by atomic mass is 10.1. The van der Waals surface area contributed by atoms with E-state index in [1.54, 1.807) is 18.2 Å². The minimum Gasteiger partial charge on any atom is -0.395 e. The molecule has 0 atom stereocenters. The second-order valence-corrected chi connectivity index (χ2v) is 4.19. The van der Waals surface area contributed by atoms with Gasteiger partial charge in [-0.3, -0.25) is 14.9 Å². The molecule has 0 unspecified atom stereocenters. The number of hydrogen-bond acceptors (Lipinski definition) is 5. The number of carbonyl (C=O) groups excluding carboxylic acids is 1. The molecule has 0 aliphatic carbocycles. The number of nitrogens with zero attached hydrogens (tertiary/aromatic N) is 2. The fourth-order valence-electron chi connectivity index (χ4n) is 1.72. The molecule has 1 rings (SSSR count). The van der Waals surface area contributed by atoms with Crippen molar-refractivity contribution in [1.29, 1.82) is 0 Å². The Hall–Kier alpha value is -2.25. The average molecular weight is 294 g/mol. The number of nitro groups is 1. The predicted octanol–water partition coefficient (Wildman–Crippen LogP) is 1.08. The second-order valence-electron chi connectivity index (χ2n) is 4.19. The lowest BCUT2D eigenvalue weighted by molar-refractivity contribution is -0.385. The minimum atomic E-state index is -0.499. The van der Waals surface area contributed by atoms with E-state index in [1.807, 2.05) is 0 Å². The number of carbonyl (C=O) groups is 1. The third-order valence-electron chi connectivity index (χ3n) is 2.79. The first-order valence-corrected chi connectivity index (χ1v) is 6.40. The van der Waals surface area contributed by atoms with Crippen LogP contribution in [0.15, 0.2) is 30.3 Å². The Labute approximate surface area is 122 Å². The first kappa shape index (κ1) is 16.8. The van der Waals surface area contributed by atoms with E-state index in [4.69, 9.17) is 9.84 Å². The fourth-order valence-corrected chi connectivity index (χ4v) is 1.72. The van der Waals surface area contributed by atoms with E-state index in [0.717, 1.165) is 0 Å². The van der Waals surface area contributed by atoms with Gasteiger partial charge in [-0.25, -0.2) is 0 Å². The van der Waals surface area contributed by atoms with Crippen molar-refractivity contribution >= 4 is 17.7 Å². The van der Waals surface area contributed by atoms with Gasteiger partial charge in [-0.2, -0.15) is 0 Å². The summed E-state index contributed by atoms with van der Waals surface area (Å²) in [6.45, 7) is 0.723. The van der Waals surface area contributed by atoms with Crippen LogP contribution in [-0.2, 0) is 9.53 Å². The molecule has 0 radical (unpaired) electrons. The molecule has 21 heavy (non-hydrogen) atoms. The lowest BCUT2D eigenvalue weighted by Crippen LogP contribution is -2.34. The Kier molecular flexibility index (Phi) is 7.06. The largest absolute Gasteiger partial charge is 0.395 e. The van der Waals surface area contributed by atoms with Crippen LogP contribution >= 0.6 is 0 Å². The summed E-state index contributed by atoms with van der Waals surface area (Å²) in [5.41, 5.74) is 0.290. The number of benzene rings is 1. The van der Waals surface area contributed by atoms with E-state index in [1.165, 1.54) is 30.2 Å². The number of amides is 1. The summed E-state index contributed by atoms with van der Waals surface area (Å²) >= 11 is 0. The monoisotopic (exact) mass is 294 g/mol. The number of aliphatic hydroxyl groups excluding tert-OH is 1. The molecule has 1 amide bonds. The van der Waals surface area contributed by atoms with Crippen molar-refractivity contribution in [2.75, 3.05) is 33.4 Å². The Balaban J connectivity index is 2.82. The van der Waals surface area contributed by atoms with Crippen molar-refractivity contribution in [3.63, 3.8) is 0 Å². The highest BCUT2D eigenvalue weighted by Crippen LogP contribution is 2.18. The van der Waals surface area contributed by atoms with Gasteiger partial charge in [-0.05, 0) is 12.1 Å². The van der Waals surface area contributed by atoms with E-state index in [-0.39, 0.29) is 24.7 Å². The van der Waals surface area contributed by atoms with Gasteiger partial charge in [-0.15, -0.1) is 0 Å². The van der Waals surface area contributed by atoms with Crippen LogP contribution in [0, 0.1) is 10.1 Å². The van der Waals surface area contributed by atoms with Crippen molar-refractivity contribution in [2.24, 2.45) is 0 Å². The summed E-state index contributed by atoms with van der Waals surface area (Å²) in [7, 11) is 1.52. The predicted molar refractivity (Wildman–Crippen MR) is 77.7 cm³/mol. The molecule has 114 valence electrons. The van der Waals surface area contributed by atoms with Crippen LogP contribution in [0.25, 0.3) is 6.08 Å². The molecular weight excluding hydrogens is 276 g/mol. The molecule has 0 saturated carbocycles. The highest BCUT2D eigenvalue weighted by Gasteiger charge is 2.12. The first-order chi connectivity index (χ1) is 10.1. The van der Waals surface area contributed by atoms with Gasteiger partial charge in [0.1, 0.15) is 0 Å². The third kappa shape index (κ3) is 5.33. The van der Waals surface area contributed by atoms with E-state index in [2.05, 4.69) is 0 Å². The van der Waals surface area contributed by atoms with Crippen LogP contribution in [0.1, 0.15) is 5.56 Å². The number of aliphatic hydroxyl groups is 1. The SMILES string of the molecule is COCCN(CCO)C(=O)/C=C/c1ccccc1[N+](=O)[O-]. The summed E-state index contributed by atoms with van der Waals surface area (Å²) in [5.74, 6) is -0.334. The zero-order valence-electron chi connectivity index (χ0n) is 11.8. The smallest absolute Gasteiger partial charge is 0.276 e. The molecule has 0 aliphatic rings. The summed E-state index contributed by atoms with van der Waals surface area (Å²) < 4.78 is 4.89. The maximum absolute atomic E-state index is 12.0. The Morgan fingerprint density at radius 3 is 2.76 bits per heavy atom. The highest BCUT2D eigenvalue weighted by molar-refractivity contribution is 5.92. The molecular formula is C14H18N2O5. The molecule has 7 heteroatoms. The second kappa shape index (κ2) is 8.83. The lowest BCUT2D eigenvalue weighted by Gasteiger charge is -2.19. The molecule has 0 aromatic heterocycles. The zero-order valence-corrected chi connectivity index (χ0v) is 11.8. The number of ether oxygens (including phenoxy) is 1. The van der Waals surface area contributed by atoms with E-state index < -0.39 is 4.92 Å². The summed E-state index contributed by atoms with van der Waals surface area (Å²) in [6, 6.07) is 6.16. The Morgan fingerprint density at radius 2 is 2.14 bits per heavy atom. The third-order valence-corrected chi connectivity index (χ3v) is 2.79. The van der Waals surface area contributed by atoms with Gasteiger partial charge in [0.25, 0.3) is 5.69 Å². The van der Waals surface area contributed by atoms with Crippen LogP contribution < -0.4 is 0 Å². The fraction of sp³-hybridized carbons (Fsp3) is 0.357. The maximum atomic E-state index is 12.0. The summed E-state index contributed by atoms with van der Waals surface area (Å²) in [4.78, 5) is 23.8. The van der Waals surface area contributed by atoms with Crippen LogP contribution in [-0.4, -0.2) is 54.3 Å². The first-order valence-electron chi connectivity index (χ1n) is 6.40. The molecule has 0 spiro atoms. The van der Waals surface area contributed by atoms with Gasteiger partial charge in [0.2, 0.25) is 5.91 Å². The van der Waals surface area contributed by atoms with Crippen molar-refractivity contribution in [3.05, 3.63) is 46.0 Å². The van der Waals surface area contributed by atoms with E-state index in [9.17, 15) is 14.9 Å². The quantitative estimate of drug-likeness (QED) is 0.440. The van der Waals surface area contributed by atoms with Crippen molar-refractivity contribution < 1.29 is 19.6 Å². The number of rotatable bonds is 8. The normalized spacial score (nSPS) is 10.8.